The van der Waals surface area contributed by atoms with Crippen LogP contribution in [0.2, 0.25) is 5.02 Å². The highest BCUT2D eigenvalue weighted by Crippen LogP contribution is 2.28. The van der Waals surface area contributed by atoms with E-state index >= 15 is 0 Å². The first-order valence-electron chi connectivity index (χ1n) is 3.72. The summed E-state index contributed by atoms with van der Waals surface area (Å²) in [5.41, 5.74) is 0.0808. The van der Waals surface area contributed by atoms with Crippen molar-refractivity contribution < 1.29 is 8.78 Å². The van der Waals surface area contributed by atoms with E-state index in [1.54, 1.807) is 0 Å². The average molecular weight is 359 g/mol. The van der Waals surface area contributed by atoms with Crippen LogP contribution >= 0.6 is 45.7 Å². The van der Waals surface area contributed by atoms with Crippen LogP contribution < -0.4 is 0 Å². The van der Waals surface area contributed by atoms with E-state index in [1.807, 2.05) is 22.6 Å². The molecule has 0 amide bonds. The van der Waals surface area contributed by atoms with Crippen LogP contribution in [0.15, 0.2) is 12.1 Å². The second-order valence-corrected chi connectivity index (χ2v) is 4.74. The number of benzene rings is 1. The molecule has 0 N–H and O–H groups in total. The van der Waals surface area contributed by atoms with Crippen LogP contribution in [0, 0.1) is 15.5 Å². The predicted octanol–water partition coefficient (Wildman–Crippen LogP) is 3.74. The largest absolute Gasteiger partial charge is 0.209 e. The fourth-order valence-electron chi connectivity index (χ4n) is 1.00. The minimum atomic E-state index is -0.668. The van der Waals surface area contributed by atoms with Gasteiger partial charge in [0.25, 0.3) is 0 Å². The minimum Gasteiger partial charge on any atom is -0.209 e. The van der Waals surface area contributed by atoms with Crippen LogP contribution in [0.5, 0.6) is 0 Å². The summed E-state index contributed by atoms with van der Waals surface area (Å²) in [6.07, 6.45) is 0. The molecule has 2 aromatic rings. The molecule has 0 aliphatic heterocycles. The lowest BCUT2D eigenvalue weighted by Crippen LogP contribution is -1.87. The maximum Gasteiger partial charge on any atom is 0.203 e. The topological polar surface area (TPSA) is 25.8 Å². The Balaban J connectivity index is 2.58. The summed E-state index contributed by atoms with van der Waals surface area (Å²) in [4.78, 5) is 3.96. The molecule has 78 valence electrons. The molecule has 0 unspecified atom stereocenters. The number of aromatic nitrogens is 2. The van der Waals surface area contributed by atoms with Gasteiger partial charge in [-0.05, 0) is 23.7 Å². The van der Waals surface area contributed by atoms with Gasteiger partial charge in [-0.1, -0.05) is 11.6 Å². The van der Waals surface area contributed by atoms with Crippen molar-refractivity contribution in [3.63, 3.8) is 0 Å². The molecule has 0 bridgehead atoms. The molecule has 2 rings (SSSR count). The summed E-state index contributed by atoms with van der Waals surface area (Å²) in [5.74, 6) is -1.27. The quantitative estimate of drug-likeness (QED) is 0.573. The van der Waals surface area contributed by atoms with Crippen molar-refractivity contribution >= 4 is 45.7 Å². The van der Waals surface area contributed by atoms with Crippen LogP contribution in [0.4, 0.5) is 8.78 Å². The molecule has 0 aliphatic carbocycles. The van der Waals surface area contributed by atoms with Crippen molar-refractivity contribution in [3.05, 3.63) is 32.6 Å². The van der Waals surface area contributed by atoms with Gasteiger partial charge in [-0.15, -0.1) is 0 Å². The zero-order chi connectivity index (χ0) is 11.0. The Labute approximate surface area is 107 Å². The first-order valence-corrected chi connectivity index (χ1v) is 5.95. The molecule has 2 nitrogen and oxygen atoms in total. The average Bonchev–Trinajstić information content (AvgIpc) is 2.58. The van der Waals surface area contributed by atoms with Gasteiger partial charge >= 0.3 is 0 Å². The fourth-order valence-corrected chi connectivity index (χ4v) is 2.44. The van der Waals surface area contributed by atoms with Crippen molar-refractivity contribution in [2.45, 2.75) is 0 Å². The highest BCUT2D eigenvalue weighted by molar-refractivity contribution is 14.1. The van der Waals surface area contributed by atoms with Gasteiger partial charge in [-0.25, -0.2) is 13.8 Å². The third kappa shape index (κ3) is 2.26. The summed E-state index contributed by atoms with van der Waals surface area (Å²) < 4.78 is 30.9. The number of halogens is 4. The molecular weight excluding hydrogens is 357 g/mol. The summed E-state index contributed by atoms with van der Waals surface area (Å²) in [6, 6.07) is 1.95. The third-order valence-electron chi connectivity index (χ3n) is 1.64. The molecule has 1 aromatic heterocycles. The minimum absolute atomic E-state index is 0.0808. The Bertz CT molecular complexity index is 517. The second-order valence-electron chi connectivity index (χ2n) is 2.61. The van der Waals surface area contributed by atoms with E-state index in [0.29, 0.717) is 8.84 Å². The lowest BCUT2D eigenvalue weighted by molar-refractivity contribution is 0.603. The van der Waals surface area contributed by atoms with E-state index in [9.17, 15) is 8.78 Å². The van der Waals surface area contributed by atoms with Gasteiger partial charge in [0.05, 0.1) is 10.6 Å². The van der Waals surface area contributed by atoms with Crippen molar-refractivity contribution in [2.75, 3.05) is 0 Å². The zero-order valence-electron chi connectivity index (χ0n) is 6.97. The molecule has 7 heteroatoms. The van der Waals surface area contributed by atoms with Crippen LogP contribution in [0.25, 0.3) is 10.6 Å². The first kappa shape index (κ1) is 11.2. The number of hydrogen-bond acceptors (Lipinski definition) is 3. The maximum absolute atomic E-state index is 13.4. The van der Waals surface area contributed by atoms with Crippen LogP contribution in [0.3, 0.4) is 0 Å². The van der Waals surface area contributed by atoms with E-state index in [4.69, 9.17) is 11.6 Å². The van der Waals surface area contributed by atoms with Crippen LogP contribution in [-0.4, -0.2) is 9.36 Å². The van der Waals surface area contributed by atoms with Gasteiger partial charge in [0.15, 0.2) is 0 Å². The van der Waals surface area contributed by atoms with Crippen molar-refractivity contribution in [1.29, 1.82) is 0 Å². The highest BCUT2D eigenvalue weighted by Gasteiger charge is 2.13. The van der Waals surface area contributed by atoms with E-state index in [2.05, 4.69) is 9.36 Å². The fraction of sp³-hybridized carbons (Fsp3) is 0. The van der Waals surface area contributed by atoms with E-state index in [-0.39, 0.29) is 10.6 Å². The standard InChI is InChI=1S/C8H2ClF2IN2S/c9-4-2-5(10)3(1-6(4)11)7-13-8(12)14-15-7/h1-2H. The smallest absolute Gasteiger partial charge is 0.203 e. The molecule has 0 spiro atoms. The molecule has 0 saturated carbocycles. The lowest BCUT2D eigenvalue weighted by Gasteiger charge is -2.00. The highest BCUT2D eigenvalue weighted by atomic mass is 127. The Kier molecular flexibility index (Phi) is 3.17. The van der Waals surface area contributed by atoms with Gasteiger partial charge in [-0.2, -0.15) is 4.37 Å². The summed E-state index contributed by atoms with van der Waals surface area (Å²) in [6.45, 7) is 0. The molecular formula is C8H2ClF2IN2S. The van der Waals surface area contributed by atoms with Gasteiger partial charge in [0, 0.05) is 22.6 Å². The summed E-state index contributed by atoms with van der Waals surface area (Å²) in [7, 11) is 0. The van der Waals surface area contributed by atoms with Gasteiger partial charge < -0.3 is 0 Å². The van der Waals surface area contributed by atoms with E-state index in [1.165, 1.54) is 0 Å². The molecule has 0 saturated heterocycles. The third-order valence-corrected chi connectivity index (χ3v) is 3.49. The van der Waals surface area contributed by atoms with E-state index in [0.717, 1.165) is 23.7 Å². The zero-order valence-corrected chi connectivity index (χ0v) is 10.7. The Morgan fingerprint density at radius 3 is 2.60 bits per heavy atom. The first-order chi connectivity index (χ1) is 7.08. The summed E-state index contributed by atoms with van der Waals surface area (Å²) >= 11 is 8.34. The normalized spacial score (nSPS) is 10.7. The molecule has 0 fully saturated rings. The number of hydrogen-bond donors (Lipinski definition) is 0. The maximum atomic E-state index is 13.4. The molecule has 0 atom stereocenters. The monoisotopic (exact) mass is 358 g/mol. The Hall–Kier alpha value is -0.340. The van der Waals surface area contributed by atoms with Crippen molar-refractivity contribution in [2.24, 2.45) is 0 Å². The van der Waals surface area contributed by atoms with Crippen molar-refractivity contribution in [1.82, 2.24) is 9.36 Å². The molecule has 1 aromatic carbocycles. The van der Waals surface area contributed by atoms with Crippen LogP contribution in [-0.2, 0) is 0 Å². The van der Waals surface area contributed by atoms with Crippen molar-refractivity contribution in [3.8, 4) is 10.6 Å². The Morgan fingerprint density at radius 1 is 1.27 bits per heavy atom. The number of nitrogens with zero attached hydrogens (tertiary/aromatic N) is 2. The van der Waals surface area contributed by atoms with Crippen LogP contribution in [0.1, 0.15) is 0 Å². The molecule has 0 aliphatic rings. The molecule has 0 radical (unpaired) electrons. The lowest BCUT2D eigenvalue weighted by atomic mass is 10.2. The number of rotatable bonds is 1. The van der Waals surface area contributed by atoms with E-state index < -0.39 is 11.6 Å². The Morgan fingerprint density at radius 2 is 2.00 bits per heavy atom. The molecule has 1 heterocycles. The van der Waals surface area contributed by atoms with Gasteiger partial charge in [0.2, 0.25) is 3.83 Å². The molecule has 15 heavy (non-hydrogen) atoms. The second kappa shape index (κ2) is 4.26. The predicted molar refractivity (Wildman–Crippen MR) is 63.0 cm³/mol. The SMILES string of the molecule is Fc1cc(-c2nc(I)ns2)c(F)cc1Cl. The summed E-state index contributed by atoms with van der Waals surface area (Å²) in [5, 5.41) is 0.0999. The van der Waals surface area contributed by atoms with Gasteiger partial charge in [-0.3, -0.25) is 0 Å². The van der Waals surface area contributed by atoms with Gasteiger partial charge in [0.1, 0.15) is 16.6 Å².